The van der Waals surface area contributed by atoms with Crippen LogP contribution in [0, 0.1) is 10.1 Å². The summed E-state index contributed by atoms with van der Waals surface area (Å²) in [6.07, 6.45) is 0. The Hall–Kier alpha value is -3.59. The van der Waals surface area contributed by atoms with Gasteiger partial charge in [0.15, 0.2) is 6.61 Å². The van der Waals surface area contributed by atoms with E-state index in [0.717, 1.165) is 15.7 Å². The van der Waals surface area contributed by atoms with E-state index in [1.54, 1.807) is 0 Å². The van der Waals surface area contributed by atoms with Gasteiger partial charge in [0.25, 0.3) is 11.6 Å². The van der Waals surface area contributed by atoms with Crippen LogP contribution in [0.1, 0.15) is 0 Å². The Kier molecular flexibility index (Phi) is 6.87. The number of nitrogens with one attached hydrogen (secondary N) is 1. The van der Waals surface area contributed by atoms with Gasteiger partial charge < -0.3 is 14.8 Å². The van der Waals surface area contributed by atoms with Gasteiger partial charge in [0.2, 0.25) is 0 Å². The van der Waals surface area contributed by atoms with Gasteiger partial charge in [-0.2, -0.15) is 0 Å². The summed E-state index contributed by atoms with van der Waals surface area (Å²) in [5.74, 6) is -0.911. The molecule has 0 atom stereocenters. The second kappa shape index (κ2) is 9.75. The fourth-order valence-corrected chi connectivity index (χ4v) is 3.41. The SMILES string of the molecule is COc1ccc(NC(=O)COC(=O)CSc2ccc3ccccc3c2)c([N+](=O)[O-])c1. The highest BCUT2D eigenvalue weighted by molar-refractivity contribution is 8.00. The molecule has 0 heterocycles. The normalized spacial score (nSPS) is 10.4. The first kappa shape index (κ1) is 21.1. The summed E-state index contributed by atoms with van der Waals surface area (Å²) in [6.45, 7) is -0.541. The van der Waals surface area contributed by atoms with Crippen molar-refractivity contribution in [3.05, 3.63) is 70.8 Å². The molecule has 0 radical (unpaired) electrons. The fraction of sp³-hybridized carbons (Fsp3) is 0.143. The number of hydrogen-bond donors (Lipinski definition) is 1. The molecule has 0 aliphatic carbocycles. The van der Waals surface area contributed by atoms with Gasteiger partial charge in [-0.15, -0.1) is 11.8 Å². The number of amides is 1. The number of nitro groups is 1. The molecule has 0 bridgehead atoms. The lowest BCUT2D eigenvalue weighted by molar-refractivity contribution is -0.384. The highest BCUT2D eigenvalue weighted by Gasteiger charge is 2.18. The molecule has 0 spiro atoms. The number of anilines is 1. The van der Waals surface area contributed by atoms with E-state index in [1.165, 1.54) is 37.1 Å². The van der Waals surface area contributed by atoms with Gasteiger partial charge in [-0.25, -0.2) is 0 Å². The van der Waals surface area contributed by atoms with Crippen LogP contribution in [0.5, 0.6) is 5.75 Å². The van der Waals surface area contributed by atoms with E-state index in [0.29, 0.717) is 0 Å². The minimum atomic E-state index is -0.674. The Morgan fingerprint density at radius 3 is 2.57 bits per heavy atom. The Balaban J connectivity index is 1.50. The zero-order chi connectivity index (χ0) is 21.5. The number of hydrogen-bond acceptors (Lipinski definition) is 7. The van der Waals surface area contributed by atoms with E-state index >= 15 is 0 Å². The zero-order valence-electron chi connectivity index (χ0n) is 16.0. The predicted octanol–water partition coefficient (Wildman–Crippen LogP) is 4.03. The quantitative estimate of drug-likeness (QED) is 0.251. The van der Waals surface area contributed by atoms with Gasteiger partial charge in [0.1, 0.15) is 11.4 Å². The summed E-state index contributed by atoms with van der Waals surface area (Å²) in [5, 5.41) is 15.7. The molecule has 3 rings (SSSR count). The molecule has 3 aromatic rings. The van der Waals surface area contributed by atoms with Crippen molar-refractivity contribution in [2.45, 2.75) is 4.90 Å². The van der Waals surface area contributed by atoms with Crippen LogP contribution >= 0.6 is 11.8 Å². The maximum absolute atomic E-state index is 12.0. The smallest absolute Gasteiger partial charge is 0.316 e. The van der Waals surface area contributed by atoms with E-state index in [9.17, 15) is 19.7 Å². The summed E-state index contributed by atoms with van der Waals surface area (Å²) in [6, 6.07) is 17.8. The summed E-state index contributed by atoms with van der Waals surface area (Å²) < 4.78 is 9.91. The molecule has 0 aromatic heterocycles. The van der Waals surface area contributed by atoms with Gasteiger partial charge in [0.05, 0.1) is 23.9 Å². The average Bonchev–Trinajstić information content (AvgIpc) is 2.76. The number of rotatable bonds is 8. The van der Waals surface area contributed by atoms with E-state index in [1.807, 2.05) is 42.5 Å². The van der Waals surface area contributed by atoms with E-state index < -0.39 is 23.4 Å². The highest BCUT2D eigenvalue weighted by atomic mass is 32.2. The lowest BCUT2D eigenvalue weighted by Crippen LogP contribution is -2.22. The van der Waals surface area contributed by atoms with Crippen molar-refractivity contribution in [3.63, 3.8) is 0 Å². The second-order valence-electron chi connectivity index (χ2n) is 6.15. The van der Waals surface area contributed by atoms with Crippen LogP contribution < -0.4 is 10.1 Å². The molecule has 0 unspecified atom stereocenters. The highest BCUT2D eigenvalue weighted by Crippen LogP contribution is 2.29. The van der Waals surface area contributed by atoms with Crippen LogP contribution in [-0.2, 0) is 14.3 Å². The molecule has 8 nitrogen and oxygen atoms in total. The molecular weight excluding hydrogens is 408 g/mol. The average molecular weight is 426 g/mol. The van der Waals surface area contributed by atoms with Crippen molar-refractivity contribution in [1.29, 1.82) is 0 Å². The summed E-state index contributed by atoms with van der Waals surface area (Å²) in [7, 11) is 1.38. The van der Waals surface area contributed by atoms with Crippen molar-refractivity contribution in [2.75, 3.05) is 24.8 Å². The topological polar surface area (TPSA) is 108 Å². The number of benzene rings is 3. The summed E-state index contributed by atoms with van der Waals surface area (Å²) >= 11 is 1.30. The van der Waals surface area contributed by atoms with Gasteiger partial charge in [0, 0.05) is 4.90 Å². The second-order valence-corrected chi connectivity index (χ2v) is 7.20. The van der Waals surface area contributed by atoms with Crippen molar-refractivity contribution >= 4 is 45.8 Å². The largest absolute Gasteiger partial charge is 0.496 e. The van der Waals surface area contributed by atoms with Crippen LogP contribution in [0.4, 0.5) is 11.4 Å². The number of nitro benzene ring substituents is 1. The van der Waals surface area contributed by atoms with Crippen LogP contribution in [0.25, 0.3) is 10.8 Å². The van der Waals surface area contributed by atoms with E-state index in [-0.39, 0.29) is 22.9 Å². The minimum Gasteiger partial charge on any atom is -0.496 e. The number of ether oxygens (including phenoxy) is 2. The third-order valence-corrected chi connectivity index (χ3v) is 5.08. The number of esters is 1. The number of thioether (sulfide) groups is 1. The fourth-order valence-electron chi connectivity index (χ4n) is 2.67. The summed E-state index contributed by atoms with van der Waals surface area (Å²) in [4.78, 5) is 35.4. The molecule has 30 heavy (non-hydrogen) atoms. The Morgan fingerprint density at radius 2 is 1.83 bits per heavy atom. The van der Waals surface area contributed by atoms with Crippen molar-refractivity contribution in [2.24, 2.45) is 0 Å². The molecular formula is C21H18N2O6S. The first-order valence-corrected chi connectivity index (χ1v) is 9.84. The Bertz CT molecular complexity index is 1100. The molecule has 0 aliphatic heterocycles. The molecule has 0 aliphatic rings. The van der Waals surface area contributed by atoms with Gasteiger partial charge >= 0.3 is 5.97 Å². The molecule has 3 aromatic carbocycles. The van der Waals surface area contributed by atoms with Gasteiger partial charge in [-0.1, -0.05) is 30.3 Å². The molecule has 1 N–H and O–H groups in total. The number of carbonyl (C=O) groups is 2. The third kappa shape index (κ3) is 5.48. The Labute approximate surface area is 176 Å². The Morgan fingerprint density at radius 1 is 1.07 bits per heavy atom. The molecule has 9 heteroatoms. The van der Waals surface area contributed by atoms with Crippen molar-refractivity contribution in [1.82, 2.24) is 0 Å². The molecule has 1 amide bonds. The summed E-state index contributed by atoms with van der Waals surface area (Å²) in [5.41, 5.74) is -0.326. The number of nitrogens with zero attached hydrogens (tertiary/aromatic N) is 1. The minimum absolute atomic E-state index is 0.00705. The standard InChI is InChI=1S/C21H18N2O6S/c1-28-16-7-9-18(19(11-16)23(26)27)22-20(24)12-29-21(25)13-30-17-8-6-14-4-2-3-5-15(14)10-17/h2-11H,12-13H2,1H3,(H,22,24). The van der Waals surface area contributed by atoms with Gasteiger partial charge in [-0.05, 0) is 35.0 Å². The molecule has 0 fully saturated rings. The van der Waals surface area contributed by atoms with Crippen molar-refractivity contribution < 1.29 is 24.0 Å². The molecule has 0 saturated heterocycles. The maximum atomic E-state index is 12.0. The van der Waals surface area contributed by atoms with Crippen molar-refractivity contribution in [3.8, 4) is 5.75 Å². The number of fused-ring (bicyclic) bond motifs is 1. The van der Waals surface area contributed by atoms with E-state index in [4.69, 9.17) is 9.47 Å². The van der Waals surface area contributed by atoms with Crippen LogP contribution in [-0.4, -0.2) is 36.3 Å². The third-order valence-electron chi connectivity index (χ3n) is 4.12. The number of methoxy groups -OCH3 is 1. The van der Waals surface area contributed by atoms with E-state index in [2.05, 4.69) is 5.32 Å². The van der Waals surface area contributed by atoms with Crippen LogP contribution in [0.15, 0.2) is 65.6 Å². The molecule has 154 valence electrons. The maximum Gasteiger partial charge on any atom is 0.316 e. The first-order chi connectivity index (χ1) is 14.5. The van der Waals surface area contributed by atoms with Crippen LogP contribution in [0.2, 0.25) is 0 Å². The molecule has 0 saturated carbocycles. The zero-order valence-corrected chi connectivity index (χ0v) is 16.8. The number of carbonyl (C=O) groups excluding carboxylic acids is 2. The van der Waals surface area contributed by atoms with Gasteiger partial charge in [-0.3, -0.25) is 19.7 Å². The lowest BCUT2D eigenvalue weighted by Gasteiger charge is -2.08. The monoisotopic (exact) mass is 426 g/mol. The first-order valence-electron chi connectivity index (χ1n) is 8.86. The van der Waals surface area contributed by atoms with Crippen LogP contribution in [0.3, 0.4) is 0 Å². The predicted molar refractivity (Wildman–Crippen MR) is 114 cm³/mol. The lowest BCUT2D eigenvalue weighted by atomic mass is 10.1.